The molecule has 0 saturated heterocycles. The number of H-pyrrole nitrogens is 1. The van der Waals surface area contributed by atoms with Gasteiger partial charge in [-0.05, 0) is 17.2 Å². The second-order valence-electron chi connectivity index (χ2n) is 8.36. The van der Waals surface area contributed by atoms with Gasteiger partial charge in [0.25, 0.3) is 5.88 Å². The van der Waals surface area contributed by atoms with Crippen LogP contribution in [0.4, 0.5) is 10.8 Å². The highest BCUT2D eigenvalue weighted by Crippen LogP contribution is 2.36. The van der Waals surface area contributed by atoms with Crippen LogP contribution >= 0.6 is 0 Å². The van der Waals surface area contributed by atoms with E-state index >= 15 is 0 Å². The van der Waals surface area contributed by atoms with Crippen LogP contribution in [0.2, 0.25) is 0 Å². The van der Waals surface area contributed by atoms with Gasteiger partial charge in [-0.3, -0.25) is 9.69 Å². The number of nitrogens with zero attached hydrogens (tertiary/aromatic N) is 3. The minimum Gasteiger partial charge on any atom is -0.491 e. The van der Waals surface area contributed by atoms with Gasteiger partial charge in [-0.15, -0.1) is 0 Å². The summed E-state index contributed by atoms with van der Waals surface area (Å²) in [5, 5.41) is 11.4. The summed E-state index contributed by atoms with van der Waals surface area (Å²) in [5.41, 5.74) is 2.81. The van der Waals surface area contributed by atoms with Gasteiger partial charge in [0, 0.05) is 50.1 Å². The highest BCUT2D eigenvalue weighted by molar-refractivity contribution is 5.91. The molecular formula is C26H28N4O5. The Kier molecular flexibility index (Phi) is 7.05. The molecule has 35 heavy (non-hydrogen) atoms. The van der Waals surface area contributed by atoms with E-state index in [1.807, 2.05) is 67.7 Å². The number of benzene rings is 2. The average molecular weight is 477 g/mol. The van der Waals surface area contributed by atoms with Gasteiger partial charge in [-0.1, -0.05) is 55.5 Å². The Morgan fingerprint density at radius 1 is 1.11 bits per heavy atom. The molecule has 0 unspecified atom stereocenters. The second-order valence-corrected chi connectivity index (χ2v) is 8.36. The van der Waals surface area contributed by atoms with Crippen LogP contribution in [0.5, 0.6) is 5.88 Å². The average Bonchev–Trinajstić information content (AvgIpc) is 3.49. The molecule has 0 fully saturated rings. The van der Waals surface area contributed by atoms with Crippen LogP contribution in [-0.4, -0.2) is 52.6 Å². The highest BCUT2D eigenvalue weighted by Gasteiger charge is 2.26. The third-order valence-electron chi connectivity index (χ3n) is 5.94. The number of aromatic nitrogens is 2. The lowest BCUT2D eigenvalue weighted by Crippen LogP contribution is -2.33. The Labute approximate surface area is 202 Å². The number of hydrogen-bond acceptors (Lipinski definition) is 6. The molecule has 4 aromatic rings. The summed E-state index contributed by atoms with van der Waals surface area (Å²) in [6.45, 7) is 2.21. The molecule has 2 amide bonds. The molecule has 9 nitrogen and oxygen atoms in total. The minimum atomic E-state index is -0.520. The third kappa shape index (κ3) is 5.29. The number of oxazole rings is 1. The lowest BCUT2D eigenvalue weighted by atomic mass is 9.98. The summed E-state index contributed by atoms with van der Waals surface area (Å²) < 4.78 is 11.1. The Bertz CT molecular complexity index is 1310. The molecule has 2 aromatic carbocycles. The predicted octanol–water partition coefficient (Wildman–Crippen LogP) is 4.63. The fourth-order valence-electron chi connectivity index (χ4n) is 3.79. The lowest BCUT2D eigenvalue weighted by molar-refractivity contribution is -0.118. The van der Waals surface area contributed by atoms with E-state index < -0.39 is 6.09 Å². The van der Waals surface area contributed by atoms with E-state index in [9.17, 15) is 14.7 Å². The van der Waals surface area contributed by atoms with Crippen molar-refractivity contribution in [1.29, 1.82) is 0 Å². The van der Waals surface area contributed by atoms with Crippen LogP contribution in [0.25, 0.3) is 10.9 Å². The van der Waals surface area contributed by atoms with E-state index in [0.29, 0.717) is 0 Å². The first-order valence-electron chi connectivity index (χ1n) is 11.3. The molecule has 0 radical (unpaired) electrons. The molecule has 0 bridgehead atoms. The third-order valence-corrected chi connectivity index (χ3v) is 5.94. The van der Waals surface area contributed by atoms with E-state index in [2.05, 4.69) is 9.97 Å². The molecule has 0 saturated carbocycles. The largest absolute Gasteiger partial charge is 0.491 e. The maximum atomic E-state index is 12.7. The molecule has 2 aromatic heterocycles. The number of para-hydroxylation sites is 1. The SMILES string of the molecule is C[C@@H](c1oc(N(C)C(=O)CCN(C)C(=O)OCc2ccccc2)nc1O)c1c[nH]c2ccccc12. The van der Waals surface area contributed by atoms with E-state index in [4.69, 9.17) is 9.15 Å². The number of nitrogens with one attached hydrogen (secondary N) is 1. The van der Waals surface area contributed by atoms with Crippen molar-refractivity contribution in [2.45, 2.75) is 25.9 Å². The monoisotopic (exact) mass is 476 g/mol. The van der Waals surface area contributed by atoms with Crippen molar-refractivity contribution in [1.82, 2.24) is 14.9 Å². The van der Waals surface area contributed by atoms with Crippen LogP contribution in [0.3, 0.4) is 0 Å². The Hall–Kier alpha value is -4.27. The van der Waals surface area contributed by atoms with Gasteiger partial charge < -0.3 is 24.1 Å². The quantitative estimate of drug-likeness (QED) is 0.383. The maximum Gasteiger partial charge on any atom is 0.409 e. The number of amides is 2. The van der Waals surface area contributed by atoms with Gasteiger partial charge in [0.05, 0.1) is 0 Å². The van der Waals surface area contributed by atoms with Crippen molar-refractivity contribution in [3.8, 4) is 5.88 Å². The summed E-state index contributed by atoms with van der Waals surface area (Å²) in [7, 11) is 3.08. The summed E-state index contributed by atoms with van der Waals surface area (Å²) in [6.07, 6.45) is 1.38. The minimum absolute atomic E-state index is 0.0106. The second kappa shape index (κ2) is 10.3. The van der Waals surface area contributed by atoms with Crippen molar-refractivity contribution in [3.63, 3.8) is 0 Å². The molecule has 4 rings (SSSR count). The van der Waals surface area contributed by atoms with Crippen molar-refractivity contribution in [2.75, 3.05) is 25.5 Å². The topological polar surface area (TPSA) is 112 Å². The van der Waals surface area contributed by atoms with Crippen LogP contribution in [-0.2, 0) is 16.1 Å². The first-order chi connectivity index (χ1) is 16.8. The Morgan fingerprint density at radius 2 is 1.83 bits per heavy atom. The number of rotatable bonds is 8. The van der Waals surface area contributed by atoms with E-state index in [-0.39, 0.29) is 49.1 Å². The fraction of sp³-hybridized carbons (Fsp3) is 0.269. The standard InChI is InChI=1S/C26H28N4O5/c1-17(20-15-27-21-12-8-7-11-19(20)21)23-24(32)28-25(35-23)30(3)22(31)13-14-29(2)26(33)34-16-18-9-5-4-6-10-18/h4-12,15,17,27,32H,13-14,16H2,1-3H3/t17-/m1/s1. The van der Waals surface area contributed by atoms with Gasteiger partial charge in [0.15, 0.2) is 5.76 Å². The van der Waals surface area contributed by atoms with E-state index in [1.54, 1.807) is 7.05 Å². The predicted molar refractivity (Wildman–Crippen MR) is 131 cm³/mol. The molecule has 1 atom stereocenters. The zero-order valence-electron chi connectivity index (χ0n) is 19.9. The first kappa shape index (κ1) is 23.9. The summed E-state index contributed by atoms with van der Waals surface area (Å²) in [4.78, 5) is 34.7. The molecule has 0 aliphatic heterocycles. The Balaban J connectivity index is 1.35. The summed E-state index contributed by atoms with van der Waals surface area (Å²) in [6, 6.07) is 17.2. The molecule has 182 valence electrons. The van der Waals surface area contributed by atoms with Crippen molar-refractivity contribution in [3.05, 3.63) is 77.7 Å². The zero-order chi connectivity index (χ0) is 24.9. The van der Waals surface area contributed by atoms with E-state index in [1.165, 1.54) is 16.8 Å². The van der Waals surface area contributed by atoms with Gasteiger partial charge in [0.1, 0.15) is 6.61 Å². The van der Waals surface area contributed by atoms with Gasteiger partial charge in [-0.25, -0.2) is 4.79 Å². The molecule has 0 spiro atoms. The van der Waals surface area contributed by atoms with Gasteiger partial charge in [-0.2, -0.15) is 4.98 Å². The van der Waals surface area contributed by atoms with Crippen LogP contribution < -0.4 is 4.90 Å². The van der Waals surface area contributed by atoms with Crippen molar-refractivity contribution in [2.24, 2.45) is 0 Å². The number of aromatic hydroxyl groups is 1. The Morgan fingerprint density at radius 3 is 2.60 bits per heavy atom. The maximum absolute atomic E-state index is 12.7. The molecule has 2 heterocycles. The number of carbonyl (C=O) groups excluding carboxylic acids is 2. The molecule has 2 N–H and O–H groups in total. The van der Waals surface area contributed by atoms with Crippen molar-refractivity contribution < 1.29 is 23.8 Å². The molecular weight excluding hydrogens is 448 g/mol. The van der Waals surface area contributed by atoms with Crippen LogP contribution in [0.1, 0.15) is 36.1 Å². The number of fused-ring (bicyclic) bond motifs is 1. The fourth-order valence-corrected chi connectivity index (χ4v) is 3.79. The van der Waals surface area contributed by atoms with Crippen molar-refractivity contribution >= 4 is 28.9 Å². The number of hydrogen-bond donors (Lipinski definition) is 2. The smallest absolute Gasteiger partial charge is 0.409 e. The number of ether oxygens (including phenoxy) is 1. The molecule has 0 aliphatic carbocycles. The lowest BCUT2D eigenvalue weighted by Gasteiger charge is -2.18. The summed E-state index contributed by atoms with van der Waals surface area (Å²) in [5.74, 6) is -0.605. The van der Waals surface area contributed by atoms with Gasteiger partial charge >= 0.3 is 12.1 Å². The van der Waals surface area contributed by atoms with Crippen LogP contribution in [0, 0.1) is 0 Å². The number of carbonyl (C=O) groups is 2. The number of anilines is 1. The first-order valence-corrected chi connectivity index (χ1v) is 11.3. The normalized spacial score (nSPS) is 11.9. The molecule has 9 heteroatoms. The van der Waals surface area contributed by atoms with Crippen LogP contribution in [0.15, 0.2) is 65.2 Å². The number of aromatic amines is 1. The van der Waals surface area contributed by atoms with E-state index in [0.717, 1.165) is 22.0 Å². The zero-order valence-corrected chi connectivity index (χ0v) is 19.9. The highest BCUT2D eigenvalue weighted by atomic mass is 16.6. The summed E-state index contributed by atoms with van der Waals surface area (Å²) >= 11 is 0. The molecule has 0 aliphatic rings. The van der Waals surface area contributed by atoms with Gasteiger partial charge in [0.2, 0.25) is 5.91 Å².